The van der Waals surface area contributed by atoms with Crippen LogP contribution in [0, 0.1) is 5.82 Å². The van der Waals surface area contributed by atoms with E-state index in [1.54, 1.807) is 36.0 Å². The molecule has 3 rings (SSSR count). The Morgan fingerprint density at radius 2 is 1.48 bits per heavy atom. The fourth-order valence-electron chi connectivity index (χ4n) is 2.55. The molecule has 0 heterocycles. The van der Waals surface area contributed by atoms with Gasteiger partial charge in [-0.25, -0.2) is 4.39 Å². The molecule has 0 spiro atoms. The molecule has 6 heteroatoms. The summed E-state index contributed by atoms with van der Waals surface area (Å²) in [5.41, 5.74) is 0.874. The zero-order chi connectivity index (χ0) is 20.5. The zero-order valence-corrected chi connectivity index (χ0v) is 16.5. The second-order valence-electron chi connectivity index (χ2n) is 6.16. The van der Waals surface area contributed by atoms with E-state index in [0.717, 1.165) is 10.6 Å². The summed E-state index contributed by atoms with van der Waals surface area (Å²) in [5.74, 6) is 0.475. The molecule has 0 aliphatic rings. The number of nitrogens with one attached hydrogen (secondary N) is 1. The van der Waals surface area contributed by atoms with Crippen LogP contribution in [0.2, 0.25) is 0 Å². The molecule has 0 unspecified atom stereocenters. The van der Waals surface area contributed by atoms with E-state index in [1.165, 1.54) is 24.3 Å². The molecule has 0 atom stereocenters. The average molecular weight is 409 g/mol. The minimum absolute atomic E-state index is 0.0960. The van der Waals surface area contributed by atoms with Gasteiger partial charge in [-0.05, 0) is 60.7 Å². The number of thioether (sulfide) groups is 1. The van der Waals surface area contributed by atoms with Gasteiger partial charge in [-0.15, -0.1) is 11.8 Å². The third-order valence-electron chi connectivity index (χ3n) is 4.03. The van der Waals surface area contributed by atoms with E-state index < -0.39 is 0 Å². The Labute approximate surface area is 173 Å². The lowest BCUT2D eigenvalue weighted by molar-refractivity contribution is -0.122. The predicted molar refractivity (Wildman–Crippen MR) is 112 cm³/mol. The van der Waals surface area contributed by atoms with Crippen molar-refractivity contribution in [2.45, 2.75) is 4.90 Å². The highest BCUT2D eigenvalue weighted by Gasteiger charge is 2.10. The summed E-state index contributed by atoms with van der Waals surface area (Å²) in [7, 11) is 0. The fourth-order valence-corrected chi connectivity index (χ4v) is 3.34. The number of carbonyl (C=O) groups excluding carboxylic acids is 2. The molecule has 4 nitrogen and oxygen atoms in total. The SMILES string of the molecule is O=C(COc1ccc(C(=O)c2ccc(F)cc2)cc1)NCCSc1ccccc1. The summed E-state index contributed by atoms with van der Waals surface area (Å²) in [5, 5.41) is 2.81. The number of benzene rings is 3. The van der Waals surface area contributed by atoms with Gasteiger partial charge in [-0.2, -0.15) is 0 Å². The molecular formula is C23H20FNO3S. The summed E-state index contributed by atoms with van der Waals surface area (Å²) in [4.78, 5) is 25.4. The number of rotatable bonds is 9. The van der Waals surface area contributed by atoms with Gasteiger partial charge < -0.3 is 10.1 Å². The molecule has 3 aromatic rings. The molecule has 29 heavy (non-hydrogen) atoms. The van der Waals surface area contributed by atoms with Crippen LogP contribution in [0.1, 0.15) is 15.9 Å². The topological polar surface area (TPSA) is 55.4 Å². The normalized spacial score (nSPS) is 10.4. The Hall–Kier alpha value is -3.12. The fraction of sp³-hybridized carbons (Fsp3) is 0.130. The van der Waals surface area contributed by atoms with Crippen molar-refractivity contribution in [1.82, 2.24) is 5.32 Å². The van der Waals surface area contributed by atoms with E-state index in [2.05, 4.69) is 5.32 Å². The molecule has 0 aromatic heterocycles. The van der Waals surface area contributed by atoms with Crippen molar-refractivity contribution in [3.05, 3.63) is 95.8 Å². The molecule has 0 fully saturated rings. The molecule has 0 aliphatic carbocycles. The van der Waals surface area contributed by atoms with Crippen LogP contribution in [0.5, 0.6) is 5.75 Å². The highest BCUT2D eigenvalue weighted by molar-refractivity contribution is 7.99. The molecule has 1 N–H and O–H groups in total. The first-order valence-corrected chi connectivity index (χ1v) is 10.1. The lowest BCUT2D eigenvalue weighted by Crippen LogP contribution is -2.30. The first kappa shape index (κ1) is 20.6. The Kier molecular flexibility index (Phi) is 7.41. The van der Waals surface area contributed by atoms with Crippen LogP contribution >= 0.6 is 11.8 Å². The number of hydrogen-bond donors (Lipinski definition) is 1. The van der Waals surface area contributed by atoms with Gasteiger partial charge in [0.25, 0.3) is 5.91 Å². The van der Waals surface area contributed by atoms with E-state index in [0.29, 0.717) is 23.4 Å². The van der Waals surface area contributed by atoms with Crippen molar-refractivity contribution in [2.24, 2.45) is 0 Å². The second kappa shape index (κ2) is 10.4. The predicted octanol–water partition coefficient (Wildman–Crippen LogP) is 4.34. The third-order valence-corrected chi connectivity index (χ3v) is 5.04. The Morgan fingerprint density at radius 3 is 2.14 bits per heavy atom. The van der Waals surface area contributed by atoms with E-state index in [4.69, 9.17) is 4.74 Å². The van der Waals surface area contributed by atoms with Crippen molar-refractivity contribution in [3.63, 3.8) is 0 Å². The van der Waals surface area contributed by atoms with Crippen molar-refractivity contribution < 1.29 is 18.7 Å². The molecule has 1 amide bonds. The van der Waals surface area contributed by atoms with Crippen molar-refractivity contribution in [1.29, 1.82) is 0 Å². The molecule has 0 saturated heterocycles. The lowest BCUT2D eigenvalue weighted by atomic mass is 10.0. The van der Waals surface area contributed by atoms with Crippen LogP contribution in [-0.2, 0) is 4.79 Å². The molecule has 148 valence electrons. The van der Waals surface area contributed by atoms with E-state index in [9.17, 15) is 14.0 Å². The van der Waals surface area contributed by atoms with Gasteiger partial charge in [0.1, 0.15) is 11.6 Å². The van der Waals surface area contributed by atoms with Crippen LogP contribution in [0.4, 0.5) is 4.39 Å². The molecular weight excluding hydrogens is 389 g/mol. The van der Waals surface area contributed by atoms with Crippen LogP contribution in [0.15, 0.2) is 83.8 Å². The van der Waals surface area contributed by atoms with Gasteiger partial charge in [0.05, 0.1) is 0 Å². The maximum atomic E-state index is 13.0. The summed E-state index contributed by atoms with van der Waals surface area (Å²) >= 11 is 1.67. The first-order chi connectivity index (χ1) is 14.1. The Morgan fingerprint density at radius 1 is 0.862 bits per heavy atom. The van der Waals surface area contributed by atoms with Crippen LogP contribution < -0.4 is 10.1 Å². The monoisotopic (exact) mass is 409 g/mol. The highest BCUT2D eigenvalue weighted by atomic mass is 32.2. The molecule has 0 saturated carbocycles. The first-order valence-electron chi connectivity index (χ1n) is 9.09. The number of hydrogen-bond acceptors (Lipinski definition) is 4. The molecule has 0 radical (unpaired) electrons. The maximum Gasteiger partial charge on any atom is 0.257 e. The summed E-state index contributed by atoms with van der Waals surface area (Å²) in [6, 6.07) is 21.9. The largest absolute Gasteiger partial charge is 0.484 e. The van der Waals surface area contributed by atoms with Crippen LogP contribution in [0.25, 0.3) is 0 Å². The second-order valence-corrected chi connectivity index (χ2v) is 7.33. The molecule has 3 aromatic carbocycles. The third kappa shape index (κ3) is 6.47. The molecule has 0 bridgehead atoms. The van der Waals surface area contributed by atoms with E-state index >= 15 is 0 Å². The smallest absolute Gasteiger partial charge is 0.257 e. The summed E-state index contributed by atoms with van der Waals surface area (Å²) < 4.78 is 18.4. The number of carbonyl (C=O) groups is 2. The van der Waals surface area contributed by atoms with Gasteiger partial charge in [0.15, 0.2) is 12.4 Å². The number of ketones is 1. The van der Waals surface area contributed by atoms with Gasteiger partial charge in [-0.1, -0.05) is 18.2 Å². The summed E-state index contributed by atoms with van der Waals surface area (Å²) in [6.07, 6.45) is 0. The average Bonchev–Trinajstić information content (AvgIpc) is 2.76. The van der Waals surface area contributed by atoms with Gasteiger partial charge >= 0.3 is 0 Å². The Bertz CT molecular complexity index is 944. The van der Waals surface area contributed by atoms with Crippen LogP contribution in [0.3, 0.4) is 0 Å². The van der Waals surface area contributed by atoms with Crippen molar-refractivity contribution >= 4 is 23.5 Å². The zero-order valence-electron chi connectivity index (χ0n) is 15.6. The van der Waals surface area contributed by atoms with E-state index in [-0.39, 0.29) is 24.1 Å². The lowest BCUT2D eigenvalue weighted by Gasteiger charge is -2.08. The van der Waals surface area contributed by atoms with Gasteiger partial charge in [0.2, 0.25) is 0 Å². The standard InChI is InChI=1S/C23H20FNO3S/c24-19-10-6-17(7-11-19)23(27)18-8-12-20(13-9-18)28-16-22(26)25-14-15-29-21-4-2-1-3-5-21/h1-13H,14-16H2,(H,25,26). The van der Waals surface area contributed by atoms with E-state index in [1.807, 2.05) is 30.3 Å². The van der Waals surface area contributed by atoms with Gasteiger partial charge in [0, 0.05) is 28.3 Å². The van der Waals surface area contributed by atoms with Gasteiger partial charge in [-0.3, -0.25) is 9.59 Å². The minimum Gasteiger partial charge on any atom is -0.484 e. The quantitative estimate of drug-likeness (QED) is 0.324. The summed E-state index contributed by atoms with van der Waals surface area (Å²) in [6.45, 7) is 0.453. The number of ether oxygens (including phenoxy) is 1. The Balaban J connectivity index is 1.40. The van der Waals surface area contributed by atoms with Crippen LogP contribution in [-0.4, -0.2) is 30.6 Å². The number of amides is 1. The van der Waals surface area contributed by atoms with Crippen molar-refractivity contribution in [2.75, 3.05) is 18.9 Å². The van der Waals surface area contributed by atoms with Crippen molar-refractivity contribution in [3.8, 4) is 5.75 Å². The maximum absolute atomic E-state index is 13.0. The molecule has 0 aliphatic heterocycles. The number of halogens is 1. The highest BCUT2D eigenvalue weighted by Crippen LogP contribution is 2.17. The minimum atomic E-state index is -0.387.